The Hall–Kier alpha value is -1.26. The van der Waals surface area contributed by atoms with E-state index in [4.69, 9.17) is 0 Å². The van der Waals surface area contributed by atoms with E-state index in [1.165, 1.54) is 12.1 Å². The lowest BCUT2D eigenvalue weighted by Crippen LogP contribution is -2.22. The molecule has 20 heavy (non-hydrogen) atoms. The summed E-state index contributed by atoms with van der Waals surface area (Å²) in [4.78, 5) is 0. The van der Waals surface area contributed by atoms with Crippen LogP contribution >= 0.6 is 15.9 Å². The standard InChI is InChI=1S/C16H16BrF2N/c1-10(2)20-9-11-5-3-4-6-12(11)15-14(18)8-7-13(17)16(15)19/h3-8,10,20H,9H2,1-2H3. The van der Waals surface area contributed by atoms with Crippen molar-refractivity contribution in [3.8, 4) is 11.1 Å². The maximum absolute atomic E-state index is 14.2. The van der Waals surface area contributed by atoms with Crippen molar-refractivity contribution in [1.29, 1.82) is 0 Å². The minimum absolute atomic E-state index is 0.0144. The highest BCUT2D eigenvalue weighted by Gasteiger charge is 2.16. The molecule has 0 atom stereocenters. The maximum Gasteiger partial charge on any atom is 0.148 e. The van der Waals surface area contributed by atoms with Crippen LogP contribution in [0.4, 0.5) is 8.78 Å². The molecule has 0 aliphatic carbocycles. The highest BCUT2D eigenvalue weighted by atomic mass is 79.9. The van der Waals surface area contributed by atoms with Gasteiger partial charge in [-0.1, -0.05) is 38.1 Å². The third kappa shape index (κ3) is 3.25. The van der Waals surface area contributed by atoms with Crippen LogP contribution in [0.3, 0.4) is 0 Å². The molecule has 4 heteroatoms. The van der Waals surface area contributed by atoms with Gasteiger partial charge in [-0.05, 0) is 39.2 Å². The summed E-state index contributed by atoms with van der Waals surface area (Å²) in [6, 6.07) is 10.2. The minimum Gasteiger partial charge on any atom is -0.310 e. The van der Waals surface area contributed by atoms with Gasteiger partial charge in [0.1, 0.15) is 11.6 Å². The molecule has 106 valence electrons. The van der Waals surface area contributed by atoms with Gasteiger partial charge in [0.05, 0.1) is 10.0 Å². The second-order valence-electron chi connectivity index (χ2n) is 4.91. The van der Waals surface area contributed by atoms with Crippen LogP contribution in [-0.4, -0.2) is 6.04 Å². The van der Waals surface area contributed by atoms with E-state index in [9.17, 15) is 8.78 Å². The number of halogens is 3. The van der Waals surface area contributed by atoms with Crippen molar-refractivity contribution in [1.82, 2.24) is 5.32 Å². The van der Waals surface area contributed by atoms with Gasteiger partial charge in [-0.3, -0.25) is 0 Å². The molecule has 0 amide bonds. The normalized spacial score (nSPS) is 11.1. The Kier molecular flexibility index (Phi) is 4.89. The third-order valence-corrected chi connectivity index (χ3v) is 3.64. The topological polar surface area (TPSA) is 12.0 Å². The Bertz CT molecular complexity index is 611. The molecule has 2 aromatic carbocycles. The van der Waals surface area contributed by atoms with Crippen molar-refractivity contribution in [3.05, 3.63) is 58.1 Å². The first-order valence-corrected chi connectivity index (χ1v) is 7.25. The summed E-state index contributed by atoms with van der Waals surface area (Å²) in [6.45, 7) is 4.63. The van der Waals surface area contributed by atoms with Gasteiger partial charge in [-0.15, -0.1) is 0 Å². The van der Waals surface area contributed by atoms with E-state index >= 15 is 0 Å². The van der Waals surface area contributed by atoms with Crippen LogP contribution < -0.4 is 5.32 Å². The van der Waals surface area contributed by atoms with Gasteiger partial charge in [-0.25, -0.2) is 8.78 Å². The van der Waals surface area contributed by atoms with Crippen LogP contribution in [0.5, 0.6) is 0 Å². The first-order valence-electron chi connectivity index (χ1n) is 6.46. The van der Waals surface area contributed by atoms with E-state index < -0.39 is 11.6 Å². The second kappa shape index (κ2) is 6.46. The fourth-order valence-electron chi connectivity index (χ4n) is 2.01. The van der Waals surface area contributed by atoms with Crippen LogP contribution in [0.25, 0.3) is 11.1 Å². The summed E-state index contributed by atoms with van der Waals surface area (Å²) in [5, 5.41) is 3.27. The molecular weight excluding hydrogens is 324 g/mol. The SMILES string of the molecule is CC(C)NCc1ccccc1-c1c(F)ccc(Br)c1F. The van der Waals surface area contributed by atoms with Crippen molar-refractivity contribution < 1.29 is 8.78 Å². The van der Waals surface area contributed by atoms with Gasteiger partial charge in [0.25, 0.3) is 0 Å². The molecule has 2 rings (SSSR count). The fraction of sp³-hybridized carbons (Fsp3) is 0.250. The molecule has 1 nitrogen and oxygen atoms in total. The van der Waals surface area contributed by atoms with Crippen molar-refractivity contribution in [3.63, 3.8) is 0 Å². The fourth-order valence-corrected chi connectivity index (χ4v) is 2.34. The Morgan fingerprint density at radius 3 is 2.50 bits per heavy atom. The van der Waals surface area contributed by atoms with Gasteiger partial charge in [0.15, 0.2) is 0 Å². The van der Waals surface area contributed by atoms with Crippen molar-refractivity contribution in [2.75, 3.05) is 0 Å². The third-order valence-electron chi connectivity index (χ3n) is 3.03. The van der Waals surface area contributed by atoms with Gasteiger partial charge in [-0.2, -0.15) is 0 Å². The molecule has 0 aliphatic rings. The molecule has 0 fully saturated rings. The summed E-state index contributed by atoms with van der Waals surface area (Å²) < 4.78 is 28.5. The molecule has 0 heterocycles. The van der Waals surface area contributed by atoms with Crippen molar-refractivity contribution >= 4 is 15.9 Å². The number of hydrogen-bond acceptors (Lipinski definition) is 1. The van der Waals surface area contributed by atoms with Crippen LogP contribution in [0, 0.1) is 11.6 Å². The monoisotopic (exact) mass is 339 g/mol. The summed E-state index contributed by atoms with van der Waals surface area (Å²) >= 11 is 3.11. The summed E-state index contributed by atoms with van der Waals surface area (Å²) in [6.07, 6.45) is 0. The quantitative estimate of drug-likeness (QED) is 0.782. The lowest BCUT2D eigenvalue weighted by molar-refractivity contribution is 0.579. The molecule has 0 bridgehead atoms. The Morgan fingerprint density at radius 1 is 1.10 bits per heavy atom. The van der Waals surface area contributed by atoms with Crippen LogP contribution in [-0.2, 0) is 6.54 Å². The lowest BCUT2D eigenvalue weighted by atomic mass is 9.98. The molecule has 0 aliphatic heterocycles. The van der Waals surface area contributed by atoms with E-state index in [0.29, 0.717) is 18.2 Å². The van der Waals surface area contributed by atoms with Gasteiger partial charge in [0, 0.05) is 12.6 Å². The number of hydrogen-bond donors (Lipinski definition) is 1. The lowest BCUT2D eigenvalue weighted by Gasteiger charge is -2.14. The first kappa shape index (κ1) is 15.1. The number of nitrogens with one attached hydrogen (secondary N) is 1. The largest absolute Gasteiger partial charge is 0.310 e. The predicted octanol–water partition coefficient (Wildman–Crippen LogP) is 4.89. The molecule has 0 aromatic heterocycles. The maximum atomic E-state index is 14.2. The van der Waals surface area contributed by atoms with Gasteiger partial charge in [0.2, 0.25) is 0 Å². The molecule has 0 saturated heterocycles. The van der Waals surface area contributed by atoms with E-state index in [2.05, 4.69) is 21.2 Å². The smallest absolute Gasteiger partial charge is 0.148 e. The van der Waals surface area contributed by atoms with E-state index in [1.807, 2.05) is 26.0 Å². The van der Waals surface area contributed by atoms with Crippen molar-refractivity contribution in [2.24, 2.45) is 0 Å². The minimum atomic E-state index is -0.568. The van der Waals surface area contributed by atoms with Crippen LogP contribution in [0.1, 0.15) is 19.4 Å². The van der Waals surface area contributed by atoms with Crippen LogP contribution in [0.2, 0.25) is 0 Å². The highest BCUT2D eigenvalue weighted by Crippen LogP contribution is 2.32. The molecular formula is C16H16BrF2N. The number of rotatable bonds is 4. The van der Waals surface area contributed by atoms with Crippen LogP contribution in [0.15, 0.2) is 40.9 Å². The van der Waals surface area contributed by atoms with Gasteiger partial charge >= 0.3 is 0 Å². The average Bonchev–Trinajstić information content (AvgIpc) is 2.42. The molecule has 0 spiro atoms. The zero-order valence-corrected chi connectivity index (χ0v) is 13.0. The summed E-state index contributed by atoms with van der Waals surface area (Å²) in [7, 11) is 0. The number of benzene rings is 2. The zero-order chi connectivity index (χ0) is 14.7. The highest BCUT2D eigenvalue weighted by molar-refractivity contribution is 9.10. The average molecular weight is 340 g/mol. The molecule has 0 saturated carbocycles. The zero-order valence-electron chi connectivity index (χ0n) is 11.4. The Balaban J connectivity index is 2.50. The Morgan fingerprint density at radius 2 is 1.80 bits per heavy atom. The summed E-state index contributed by atoms with van der Waals surface area (Å²) in [5.74, 6) is -1.12. The van der Waals surface area contributed by atoms with E-state index in [0.717, 1.165) is 5.56 Å². The van der Waals surface area contributed by atoms with E-state index in [-0.39, 0.29) is 10.0 Å². The Labute approximate surface area is 126 Å². The van der Waals surface area contributed by atoms with Gasteiger partial charge < -0.3 is 5.32 Å². The molecule has 0 unspecified atom stereocenters. The molecule has 1 N–H and O–H groups in total. The van der Waals surface area contributed by atoms with Crippen molar-refractivity contribution in [2.45, 2.75) is 26.4 Å². The first-order chi connectivity index (χ1) is 9.50. The second-order valence-corrected chi connectivity index (χ2v) is 5.77. The predicted molar refractivity (Wildman–Crippen MR) is 81.5 cm³/mol. The van der Waals surface area contributed by atoms with E-state index in [1.54, 1.807) is 12.1 Å². The molecule has 0 radical (unpaired) electrons. The molecule has 2 aromatic rings. The summed E-state index contributed by atoms with van der Waals surface area (Å²) in [5.41, 5.74) is 1.47.